The average molecular weight is 293 g/mol. The maximum atomic E-state index is 13.0. The smallest absolute Gasteiger partial charge is 0.228 e. The van der Waals surface area contributed by atoms with Gasteiger partial charge in [-0.25, -0.2) is 4.39 Å². The predicted molar refractivity (Wildman–Crippen MR) is 80.3 cm³/mol. The number of hydrogen-bond donors (Lipinski definition) is 0. The summed E-state index contributed by atoms with van der Waals surface area (Å²) in [7, 11) is 0. The summed E-state index contributed by atoms with van der Waals surface area (Å²) in [6, 6.07) is 6.40. The summed E-state index contributed by atoms with van der Waals surface area (Å²) in [5.74, 6) is -0.0770. The van der Waals surface area contributed by atoms with Crippen LogP contribution in [0.2, 0.25) is 0 Å². The fraction of sp³-hybridized carbons (Fsp3) is 0.588. The average Bonchev–Trinajstić information content (AvgIpc) is 3.02. The van der Waals surface area contributed by atoms with Crippen molar-refractivity contribution >= 4 is 5.91 Å². The van der Waals surface area contributed by atoms with E-state index in [-0.39, 0.29) is 17.6 Å². The molecule has 2 rings (SSSR count). The van der Waals surface area contributed by atoms with Gasteiger partial charge in [-0.05, 0) is 30.5 Å². The SMILES string of the molecule is CCCCCN(Cc1ccc(F)cc1)C(=O)C1CCOC1. The minimum Gasteiger partial charge on any atom is -0.381 e. The number of ether oxygens (including phenoxy) is 1. The van der Waals surface area contributed by atoms with Crippen molar-refractivity contribution in [2.24, 2.45) is 5.92 Å². The van der Waals surface area contributed by atoms with Crippen molar-refractivity contribution in [2.45, 2.75) is 39.2 Å². The van der Waals surface area contributed by atoms with Gasteiger partial charge in [0.2, 0.25) is 5.91 Å². The molecule has 3 nitrogen and oxygen atoms in total. The van der Waals surface area contributed by atoms with Crippen LogP contribution in [0.3, 0.4) is 0 Å². The van der Waals surface area contributed by atoms with E-state index < -0.39 is 0 Å². The highest BCUT2D eigenvalue weighted by Gasteiger charge is 2.27. The van der Waals surface area contributed by atoms with Gasteiger partial charge >= 0.3 is 0 Å². The number of halogens is 1. The molecule has 0 aliphatic carbocycles. The Labute approximate surface area is 126 Å². The van der Waals surface area contributed by atoms with Crippen LogP contribution in [0.5, 0.6) is 0 Å². The fourth-order valence-electron chi connectivity index (χ4n) is 2.62. The highest BCUT2D eigenvalue weighted by molar-refractivity contribution is 5.79. The van der Waals surface area contributed by atoms with Crippen molar-refractivity contribution in [2.75, 3.05) is 19.8 Å². The van der Waals surface area contributed by atoms with Crippen LogP contribution in [0.15, 0.2) is 24.3 Å². The summed E-state index contributed by atoms with van der Waals surface area (Å²) in [5, 5.41) is 0. The Morgan fingerprint density at radius 2 is 2.10 bits per heavy atom. The zero-order chi connectivity index (χ0) is 15.1. The zero-order valence-corrected chi connectivity index (χ0v) is 12.7. The van der Waals surface area contributed by atoms with E-state index in [4.69, 9.17) is 4.74 Å². The molecule has 0 saturated carbocycles. The molecule has 1 unspecified atom stereocenters. The van der Waals surface area contributed by atoms with Crippen molar-refractivity contribution in [3.8, 4) is 0 Å². The number of unbranched alkanes of at least 4 members (excludes halogenated alkanes) is 2. The van der Waals surface area contributed by atoms with Gasteiger partial charge in [-0.2, -0.15) is 0 Å². The number of hydrogen-bond acceptors (Lipinski definition) is 2. The fourth-order valence-corrected chi connectivity index (χ4v) is 2.62. The minimum absolute atomic E-state index is 0.00734. The third kappa shape index (κ3) is 4.81. The number of benzene rings is 1. The van der Waals surface area contributed by atoms with Crippen LogP contribution < -0.4 is 0 Å². The Morgan fingerprint density at radius 3 is 2.71 bits per heavy atom. The number of carbonyl (C=O) groups excluding carboxylic acids is 1. The summed E-state index contributed by atoms with van der Waals surface area (Å²) in [5.41, 5.74) is 0.972. The molecule has 1 heterocycles. The number of rotatable bonds is 7. The molecule has 0 radical (unpaired) electrons. The molecule has 116 valence electrons. The second-order valence-electron chi connectivity index (χ2n) is 5.65. The van der Waals surface area contributed by atoms with E-state index in [0.29, 0.717) is 19.8 Å². The Hall–Kier alpha value is -1.42. The van der Waals surface area contributed by atoms with Gasteiger partial charge in [-0.1, -0.05) is 31.9 Å². The third-order valence-electron chi connectivity index (χ3n) is 3.91. The summed E-state index contributed by atoms with van der Waals surface area (Å²) in [6.45, 7) is 4.68. The molecule has 0 bridgehead atoms. The summed E-state index contributed by atoms with van der Waals surface area (Å²) in [6.07, 6.45) is 4.07. The molecule has 4 heteroatoms. The lowest BCUT2D eigenvalue weighted by Gasteiger charge is -2.25. The molecule has 0 spiro atoms. The van der Waals surface area contributed by atoms with E-state index in [1.165, 1.54) is 12.1 Å². The largest absolute Gasteiger partial charge is 0.381 e. The Bertz CT molecular complexity index is 441. The Kier molecular flexibility index (Phi) is 6.18. The minimum atomic E-state index is -0.244. The number of amides is 1. The first-order valence-corrected chi connectivity index (χ1v) is 7.81. The normalized spacial score (nSPS) is 17.9. The predicted octanol–water partition coefficient (Wildman–Crippen LogP) is 3.38. The molecule has 1 aromatic carbocycles. The number of carbonyl (C=O) groups is 1. The first kappa shape index (κ1) is 16.0. The monoisotopic (exact) mass is 293 g/mol. The standard InChI is InChI=1S/C17H24FNO2/c1-2-3-4-10-19(17(20)15-9-11-21-13-15)12-14-5-7-16(18)8-6-14/h5-8,15H,2-4,9-13H2,1H3. The summed E-state index contributed by atoms with van der Waals surface area (Å²) < 4.78 is 18.3. The van der Waals surface area contributed by atoms with E-state index in [9.17, 15) is 9.18 Å². The lowest BCUT2D eigenvalue weighted by molar-refractivity contribution is -0.136. The van der Waals surface area contributed by atoms with Crippen LogP contribution in [0.1, 0.15) is 38.2 Å². The molecule has 1 aliphatic heterocycles. The molecule has 0 aromatic heterocycles. The van der Waals surface area contributed by atoms with Crippen LogP contribution in [-0.2, 0) is 16.1 Å². The van der Waals surface area contributed by atoms with Crippen LogP contribution in [0.4, 0.5) is 4.39 Å². The van der Waals surface area contributed by atoms with Crippen LogP contribution >= 0.6 is 0 Å². The molecule has 1 aliphatic rings. The van der Waals surface area contributed by atoms with Crippen molar-refractivity contribution < 1.29 is 13.9 Å². The van der Waals surface area contributed by atoms with Crippen LogP contribution in [0.25, 0.3) is 0 Å². The van der Waals surface area contributed by atoms with Gasteiger partial charge in [0.1, 0.15) is 5.82 Å². The molecule has 21 heavy (non-hydrogen) atoms. The highest BCUT2D eigenvalue weighted by atomic mass is 19.1. The number of nitrogens with zero attached hydrogens (tertiary/aromatic N) is 1. The zero-order valence-electron chi connectivity index (χ0n) is 12.7. The van der Waals surface area contributed by atoms with E-state index in [0.717, 1.165) is 37.8 Å². The molecule has 1 amide bonds. The third-order valence-corrected chi connectivity index (χ3v) is 3.91. The second kappa shape index (κ2) is 8.13. The van der Waals surface area contributed by atoms with Gasteiger partial charge < -0.3 is 9.64 Å². The maximum absolute atomic E-state index is 13.0. The van der Waals surface area contributed by atoms with Crippen molar-refractivity contribution in [3.63, 3.8) is 0 Å². The molecule has 1 atom stereocenters. The second-order valence-corrected chi connectivity index (χ2v) is 5.65. The Morgan fingerprint density at radius 1 is 1.33 bits per heavy atom. The molecular weight excluding hydrogens is 269 g/mol. The topological polar surface area (TPSA) is 29.5 Å². The maximum Gasteiger partial charge on any atom is 0.228 e. The van der Waals surface area contributed by atoms with Gasteiger partial charge in [-0.3, -0.25) is 4.79 Å². The van der Waals surface area contributed by atoms with Gasteiger partial charge in [0.15, 0.2) is 0 Å². The van der Waals surface area contributed by atoms with Gasteiger partial charge in [-0.15, -0.1) is 0 Å². The molecule has 1 saturated heterocycles. The van der Waals surface area contributed by atoms with Gasteiger partial charge in [0.25, 0.3) is 0 Å². The van der Waals surface area contributed by atoms with E-state index in [1.807, 2.05) is 4.90 Å². The molecule has 1 aromatic rings. The van der Waals surface area contributed by atoms with Gasteiger partial charge in [0, 0.05) is 19.7 Å². The van der Waals surface area contributed by atoms with Crippen molar-refractivity contribution in [1.29, 1.82) is 0 Å². The van der Waals surface area contributed by atoms with Crippen molar-refractivity contribution in [1.82, 2.24) is 4.90 Å². The molecule has 0 N–H and O–H groups in total. The van der Waals surface area contributed by atoms with Crippen molar-refractivity contribution in [3.05, 3.63) is 35.6 Å². The lowest BCUT2D eigenvalue weighted by atomic mass is 10.1. The first-order chi connectivity index (χ1) is 10.2. The lowest BCUT2D eigenvalue weighted by Crippen LogP contribution is -2.36. The summed E-state index contributed by atoms with van der Waals surface area (Å²) in [4.78, 5) is 14.5. The van der Waals surface area contributed by atoms with Gasteiger partial charge in [0.05, 0.1) is 12.5 Å². The molecule has 1 fully saturated rings. The van der Waals surface area contributed by atoms with Crippen LogP contribution in [-0.4, -0.2) is 30.6 Å². The Balaban J connectivity index is 1.99. The van der Waals surface area contributed by atoms with Crippen LogP contribution in [0, 0.1) is 11.7 Å². The van der Waals surface area contributed by atoms with E-state index in [1.54, 1.807) is 12.1 Å². The quantitative estimate of drug-likeness (QED) is 0.721. The molecular formula is C17H24FNO2. The highest BCUT2D eigenvalue weighted by Crippen LogP contribution is 2.18. The first-order valence-electron chi connectivity index (χ1n) is 7.81. The van der Waals surface area contributed by atoms with E-state index >= 15 is 0 Å². The summed E-state index contributed by atoms with van der Waals surface area (Å²) >= 11 is 0. The van der Waals surface area contributed by atoms with E-state index in [2.05, 4.69) is 6.92 Å².